The van der Waals surface area contributed by atoms with Crippen molar-refractivity contribution < 1.29 is 0 Å². The maximum Gasteiger partial charge on any atom is 0.214 e. The summed E-state index contributed by atoms with van der Waals surface area (Å²) in [6, 6.07) is 18.6. The lowest BCUT2D eigenvalue weighted by Crippen LogP contribution is -1.98. The number of hydrogen-bond acceptors (Lipinski definition) is 6. The molecular formula is C20H19N5S2. The minimum Gasteiger partial charge on any atom is -0.240 e. The molecule has 4 rings (SSSR count). The van der Waals surface area contributed by atoms with E-state index >= 15 is 0 Å². The lowest BCUT2D eigenvalue weighted by Gasteiger charge is -2.05. The molecule has 0 fully saturated rings. The molecule has 0 N–H and O–H groups in total. The van der Waals surface area contributed by atoms with Crippen molar-refractivity contribution in [2.45, 2.75) is 30.7 Å². The van der Waals surface area contributed by atoms with Crippen LogP contribution >= 0.6 is 23.1 Å². The van der Waals surface area contributed by atoms with Crippen LogP contribution in [0.1, 0.15) is 31.0 Å². The summed E-state index contributed by atoms with van der Waals surface area (Å²) in [6.07, 6.45) is 0. The number of tetrazole rings is 1. The summed E-state index contributed by atoms with van der Waals surface area (Å²) in [5, 5.41) is 16.0. The third-order valence-electron chi connectivity index (χ3n) is 4.17. The molecular weight excluding hydrogens is 374 g/mol. The Morgan fingerprint density at radius 3 is 2.56 bits per heavy atom. The van der Waals surface area contributed by atoms with Gasteiger partial charge in [-0.25, -0.2) is 4.98 Å². The van der Waals surface area contributed by atoms with Crippen LogP contribution in [0.4, 0.5) is 0 Å². The van der Waals surface area contributed by atoms with E-state index < -0.39 is 0 Å². The Morgan fingerprint density at radius 2 is 1.81 bits per heavy atom. The fourth-order valence-corrected chi connectivity index (χ4v) is 4.37. The van der Waals surface area contributed by atoms with Gasteiger partial charge in [-0.15, -0.1) is 16.4 Å². The summed E-state index contributed by atoms with van der Waals surface area (Å²) in [6.45, 7) is 4.41. The number of thiazole rings is 1. The second kappa shape index (κ2) is 8.02. The van der Waals surface area contributed by atoms with Crippen LogP contribution in [-0.2, 0) is 5.75 Å². The van der Waals surface area contributed by atoms with Crippen molar-refractivity contribution in [1.82, 2.24) is 25.2 Å². The van der Waals surface area contributed by atoms with Crippen molar-refractivity contribution in [3.05, 3.63) is 71.2 Å². The molecule has 0 saturated carbocycles. The van der Waals surface area contributed by atoms with Crippen LogP contribution in [0.2, 0.25) is 0 Å². The highest BCUT2D eigenvalue weighted by atomic mass is 32.2. The molecule has 2 heterocycles. The summed E-state index contributed by atoms with van der Waals surface area (Å²) in [7, 11) is 0. The molecule has 136 valence electrons. The second-order valence-corrected chi connectivity index (χ2v) is 8.22. The third kappa shape index (κ3) is 4.09. The first-order valence-corrected chi connectivity index (χ1v) is 10.6. The van der Waals surface area contributed by atoms with E-state index in [9.17, 15) is 0 Å². The van der Waals surface area contributed by atoms with E-state index in [1.165, 1.54) is 5.56 Å². The zero-order valence-corrected chi connectivity index (χ0v) is 16.7. The van der Waals surface area contributed by atoms with Crippen molar-refractivity contribution in [3.63, 3.8) is 0 Å². The van der Waals surface area contributed by atoms with Gasteiger partial charge in [0.05, 0.1) is 11.4 Å². The summed E-state index contributed by atoms with van der Waals surface area (Å²) in [5.41, 5.74) is 4.50. The molecule has 0 saturated heterocycles. The molecule has 0 spiro atoms. The topological polar surface area (TPSA) is 56.5 Å². The van der Waals surface area contributed by atoms with Crippen LogP contribution in [0.5, 0.6) is 0 Å². The van der Waals surface area contributed by atoms with Crippen LogP contribution in [0.15, 0.2) is 65.1 Å². The Kier molecular flexibility index (Phi) is 5.31. The zero-order valence-electron chi connectivity index (χ0n) is 15.1. The highest BCUT2D eigenvalue weighted by Gasteiger charge is 2.11. The number of para-hydroxylation sites is 1. The normalized spacial score (nSPS) is 11.2. The van der Waals surface area contributed by atoms with Gasteiger partial charge in [-0.3, -0.25) is 0 Å². The third-order valence-corrected chi connectivity index (χ3v) is 6.06. The Morgan fingerprint density at radius 1 is 1.04 bits per heavy atom. The van der Waals surface area contributed by atoms with Gasteiger partial charge >= 0.3 is 0 Å². The predicted molar refractivity (Wildman–Crippen MR) is 110 cm³/mol. The second-order valence-electron chi connectivity index (χ2n) is 6.42. The first kappa shape index (κ1) is 17.9. The fourth-order valence-electron chi connectivity index (χ4n) is 2.66. The summed E-state index contributed by atoms with van der Waals surface area (Å²) >= 11 is 3.26. The molecule has 7 heteroatoms. The van der Waals surface area contributed by atoms with Crippen molar-refractivity contribution in [1.29, 1.82) is 0 Å². The molecule has 0 atom stereocenters. The number of benzene rings is 2. The van der Waals surface area contributed by atoms with Crippen LogP contribution in [0.3, 0.4) is 0 Å². The van der Waals surface area contributed by atoms with Gasteiger partial charge in [0.25, 0.3) is 0 Å². The molecule has 0 aliphatic heterocycles. The Labute approximate surface area is 166 Å². The Hall–Kier alpha value is -2.51. The van der Waals surface area contributed by atoms with E-state index in [2.05, 4.69) is 59.0 Å². The molecule has 2 aromatic heterocycles. The van der Waals surface area contributed by atoms with Gasteiger partial charge in [0.2, 0.25) is 5.16 Å². The van der Waals surface area contributed by atoms with Gasteiger partial charge in [0, 0.05) is 16.7 Å². The molecule has 0 aliphatic carbocycles. The van der Waals surface area contributed by atoms with Crippen molar-refractivity contribution >= 4 is 23.1 Å². The lowest BCUT2D eigenvalue weighted by molar-refractivity contribution is 0.756. The van der Waals surface area contributed by atoms with Crippen molar-refractivity contribution in [2.24, 2.45) is 0 Å². The number of thioether (sulfide) groups is 1. The zero-order chi connectivity index (χ0) is 18.6. The van der Waals surface area contributed by atoms with Gasteiger partial charge < -0.3 is 0 Å². The molecule has 0 bridgehead atoms. The van der Waals surface area contributed by atoms with Crippen molar-refractivity contribution in [2.75, 3.05) is 0 Å². The monoisotopic (exact) mass is 393 g/mol. The van der Waals surface area contributed by atoms with E-state index in [4.69, 9.17) is 4.98 Å². The highest BCUT2D eigenvalue weighted by molar-refractivity contribution is 7.98. The van der Waals surface area contributed by atoms with Gasteiger partial charge in [-0.1, -0.05) is 68.1 Å². The quantitative estimate of drug-likeness (QED) is 0.421. The van der Waals surface area contributed by atoms with Crippen LogP contribution in [0, 0.1) is 0 Å². The number of rotatable bonds is 6. The molecule has 5 nitrogen and oxygen atoms in total. The van der Waals surface area contributed by atoms with E-state index in [-0.39, 0.29) is 0 Å². The van der Waals surface area contributed by atoms with Crippen LogP contribution in [0.25, 0.3) is 16.3 Å². The number of aromatic nitrogens is 5. The largest absolute Gasteiger partial charge is 0.240 e. The van der Waals surface area contributed by atoms with E-state index in [0.29, 0.717) is 5.92 Å². The minimum absolute atomic E-state index is 0.540. The maximum atomic E-state index is 4.78. The number of hydrogen-bond donors (Lipinski definition) is 0. The van der Waals surface area contributed by atoms with Gasteiger partial charge in [0.1, 0.15) is 5.01 Å². The van der Waals surface area contributed by atoms with Gasteiger partial charge in [-0.05, 0) is 34.0 Å². The van der Waals surface area contributed by atoms with Crippen LogP contribution in [-0.4, -0.2) is 25.2 Å². The minimum atomic E-state index is 0.540. The molecule has 4 aromatic rings. The SMILES string of the molecule is CC(C)c1ccc(-c2nc(CSc3nnnn3-c3ccccc3)cs2)cc1. The number of nitrogens with zero attached hydrogens (tertiary/aromatic N) is 5. The van der Waals surface area contributed by atoms with Gasteiger partial charge in [0.15, 0.2) is 0 Å². The molecule has 0 amide bonds. The molecule has 2 aromatic carbocycles. The molecule has 27 heavy (non-hydrogen) atoms. The highest BCUT2D eigenvalue weighted by Crippen LogP contribution is 2.28. The first-order valence-electron chi connectivity index (χ1n) is 8.72. The summed E-state index contributed by atoms with van der Waals surface area (Å²) < 4.78 is 1.75. The molecule has 0 radical (unpaired) electrons. The predicted octanol–water partition coefficient (Wildman–Crippen LogP) is 5.20. The fraction of sp³-hybridized carbons (Fsp3) is 0.200. The van der Waals surface area contributed by atoms with Crippen LogP contribution < -0.4 is 0 Å². The van der Waals surface area contributed by atoms with Gasteiger partial charge in [-0.2, -0.15) is 4.68 Å². The van der Waals surface area contributed by atoms with E-state index in [1.807, 2.05) is 30.3 Å². The van der Waals surface area contributed by atoms with Crippen molar-refractivity contribution in [3.8, 4) is 16.3 Å². The standard InChI is InChI=1S/C20H19N5S2/c1-14(2)15-8-10-16(11-9-15)19-21-17(12-26-19)13-27-20-22-23-24-25(20)18-6-4-3-5-7-18/h3-12,14H,13H2,1-2H3. The smallest absolute Gasteiger partial charge is 0.214 e. The Balaban J connectivity index is 1.46. The molecule has 0 unspecified atom stereocenters. The summed E-state index contributed by atoms with van der Waals surface area (Å²) in [5.74, 6) is 1.27. The Bertz CT molecular complexity index is 1010. The maximum absolute atomic E-state index is 4.78. The lowest BCUT2D eigenvalue weighted by atomic mass is 10.0. The first-order chi connectivity index (χ1) is 13.2. The average Bonchev–Trinajstić information content (AvgIpc) is 3.36. The molecule has 0 aliphatic rings. The summed E-state index contributed by atoms with van der Waals surface area (Å²) in [4.78, 5) is 4.78. The average molecular weight is 394 g/mol. The van der Waals surface area contributed by atoms with E-state index in [0.717, 1.165) is 32.9 Å². The van der Waals surface area contributed by atoms with E-state index in [1.54, 1.807) is 27.8 Å².